The fourth-order valence-electron chi connectivity index (χ4n) is 8.27. The van der Waals surface area contributed by atoms with Gasteiger partial charge in [-0.1, -0.05) is 133 Å². The fraction of sp³-hybridized carbons (Fsp3) is 0.0952. The number of rotatable bonds is 2. The average Bonchev–Trinajstić information content (AvgIpc) is 3.38. The van der Waals surface area contributed by atoms with Crippen molar-refractivity contribution >= 4 is 38.8 Å². The maximum Gasteiger partial charge on any atom is 0.0206 e. The Morgan fingerprint density at radius 1 is 0.500 bits per heavy atom. The second kappa shape index (κ2) is 8.78. The van der Waals surface area contributed by atoms with Gasteiger partial charge in [0, 0.05) is 11.8 Å². The lowest BCUT2D eigenvalue weighted by atomic mass is 9.71. The van der Waals surface area contributed by atoms with E-state index in [4.69, 9.17) is 0 Å². The van der Waals surface area contributed by atoms with Crippen molar-refractivity contribution in [1.82, 2.24) is 0 Å². The van der Waals surface area contributed by atoms with Crippen LogP contribution in [0.5, 0.6) is 0 Å². The van der Waals surface area contributed by atoms with Crippen LogP contribution in [0.1, 0.15) is 39.3 Å². The zero-order valence-electron chi connectivity index (χ0n) is 23.9. The van der Waals surface area contributed by atoms with Gasteiger partial charge >= 0.3 is 0 Å². The highest BCUT2D eigenvalue weighted by Gasteiger charge is 2.44. The largest absolute Gasteiger partial charge is 0.0760 e. The first kappa shape index (κ1) is 23.7. The molecule has 0 amide bonds. The lowest BCUT2D eigenvalue weighted by Crippen LogP contribution is -2.16. The highest BCUT2D eigenvalue weighted by Crippen LogP contribution is 2.63. The highest BCUT2D eigenvalue weighted by molar-refractivity contribution is 6.24. The van der Waals surface area contributed by atoms with Gasteiger partial charge in [0.05, 0.1) is 0 Å². The van der Waals surface area contributed by atoms with Crippen molar-refractivity contribution in [3.63, 3.8) is 0 Å². The Kier molecular flexibility index (Phi) is 4.96. The van der Waals surface area contributed by atoms with Crippen LogP contribution in [0.2, 0.25) is 0 Å². The molecule has 0 saturated carbocycles. The third-order valence-electron chi connectivity index (χ3n) is 9.98. The molecule has 0 aromatic heterocycles. The Labute approximate surface area is 247 Å². The third kappa shape index (κ3) is 3.07. The Morgan fingerprint density at radius 3 is 1.64 bits per heavy atom. The predicted molar refractivity (Wildman–Crippen MR) is 179 cm³/mol. The SMILES string of the molecule is Cc1c2ccccc2c(C)c2c(-c3ccccc3)c3c(c(-c4ccccc4)c12)C1=CC=CC2c4ccccc4C=C3C12. The molecule has 0 radical (unpaired) electrons. The second-order valence-electron chi connectivity index (χ2n) is 12.0. The van der Waals surface area contributed by atoms with Crippen LogP contribution in [0.15, 0.2) is 127 Å². The number of fused-ring (bicyclic) bond motifs is 7. The van der Waals surface area contributed by atoms with Crippen molar-refractivity contribution < 1.29 is 0 Å². The molecule has 0 saturated heterocycles. The number of allylic oxidation sites excluding steroid dienone is 5. The molecule has 198 valence electrons. The van der Waals surface area contributed by atoms with Crippen molar-refractivity contribution in [3.05, 3.63) is 161 Å². The van der Waals surface area contributed by atoms with E-state index in [1.54, 1.807) is 0 Å². The Morgan fingerprint density at radius 2 is 1.02 bits per heavy atom. The summed E-state index contributed by atoms with van der Waals surface area (Å²) < 4.78 is 0. The molecule has 0 nitrogen and oxygen atoms in total. The van der Waals surface area contributed by atoms with Gasteiger partial charge in [-0.05, 0) is 102 Å². The molecule has 9 rings (SSSR count). The first-order valence-corrected chi connectivity index (χ1v) is 15.0. The van der Waals surface area contributed by atoms with Gasteiger partial charge in [0.25, 0.3) is 0 Å². The second-order valence-corrected chi connectivity index (χ2v) is 12.0. The van der Waals surface area contributed by atoms with Gasteiger partial charge in [0.1, 0.15) is 0 Å². The van der Waals surface area contributed by atoms with E-state index in [9.17, 15) is 0 Å². The molecule has 3 aliphatic rings. The van der Waals surface area contributed by atoms with Gasteiger partial charge in [0.15, 0.2) is 0 Å². The van der Waals surface area contributed by atoms with E-state index in [1.165, 1.54) is 88.3 Å². The van der Waals surface area contributed by atoms with Crippen LogP contribution in [0.25, 0.3) is 61.0 Å². The third-order valence-corrected chi connectivity index (χ3v) is 9.98. The van der Waals surface area contributed by atoms with Gasteiger partial charge in [-0.25, -0.2) is 0 Å². The summed E-state index contributed by atoms with van der Waals surface area (Å²) in [7, 11) is 0. The van der Waals surface area contributed by atoms with E-state index in [2.05, 4.69) is 147 Å². The van der Waals surface area contributed by atoms with Crippen LogP contribution in [-0.2, 0) is 0 Å². The molecule has 0 fully saturated rings. The zero-order chi connectivity index (χ0) is 27.9. The Bertz CT molecular complexity index is 2190. The number of aryl methyl sites for hydroxylation is 2. The molecule has 6 aromatic carbocycles. The van der Waals surface area contributed by atoms with Gasteiger partial charge < -0.3 is 0 Å². The molecule has 2 atom stereocenters. The maximum absolute atomic E-state index is 2.51. The molecule has 0 spiro atoms. The van der Waals surface area contributed by atoms with Gasteiger partial charge in [-0.2, -0.15) is 0 Å². The minimum atomic E-state index is 0.316. The summed E-state index contributed by atoms with van der Waals surface area (Å²) in [5, 5.41) is 5.46. The van der Waals surface area contributed by atoms with Crippen LogP contribution in [-0.4, -0.2) is 0 Å². The molecule has 0 heterocycles. The van der Waals surface area contributed by atoms with E-state index in [0.29, 0.717) is 11.8 Å². The van der Waals surface area contributed by atoms with Crippen LogP contribution < -0.4 is 0 Å². The molecule has 2 unspecified atom stereocenters. The first-order chi connectivity index (χ1) is 20.7. The van der Waals surface area contributed by atoms with Crippen LogP contribution >= 0.6 is 0 Å². The molecule has 3 aliphatic carbocycles. The van der Waals surface area contributed by atoms with Gasteiger partial charge in [-0.15, -0.1) is 0 Å². The predicted octanol–water partition coefficient (Wildman–Crippen LogP) is 11.2. The minimum Gasteiger partial charge on any atom is -0.0760 e. The Hall–Kier alpha value is -4.94. The van der Waals surface area contributed by atoms with Crippen LogP contribution in [0, 0.1) is 19.8 Å². The summed E-state index contributed by atoms with van der Waals surface area (Å²) in [6.07, 6.45) is 9.66. The van der Waals surface area contributed by atoms with Gasteiger partial charge in [0.2, 0.25) is 0 Å². The summed E-state index contributed by atoms with van der Waals surface area (Å²) in [5.41, 5.74) is 16.6. The summed E-state index contributed by atoms with van der Waals surface area (Å²) >= 11 is 0. The molecular formula is C42H30. The molecule has 0 bridgehead atoms. The zero-order valence-corrected chi connectivity index (χ0v) is 23.9. The lowest BCUT2D eigenvalue weighted by molar-refractivity contribution is 0.739. The first-order valence-electron chi connectivity index (χ1n) is 15.0. The van der Waals surface area contributed by atoms with E-state index < -0.39 is 0 Å². The van der Waals surface area contributed by atoms with E-state index in [-0.39, 0.29) is 0 Å². The average molecular weight is 535 g/mol. The van der Waals surface area contributed by atoms with Crippen molar-refractivity contribution in [2.75, 3.05) is 0 Å². The molecule has 6 aromatic rings. The van der Waals surface area contributed by atoms with Crippen molar-refractivity contribution in [3.8, 4) is 22.3 Å². The lowest BCUT2D eigenvalue weighted by Gasteiger charge is -2.31. The molecular weight excluding hydrogens is 504 g/mol. The van der Waals surface area contributed by atoms with Crippen molar-refractivity contribution in [2.45, 2.75) is 19.8 Å². The fourth-order valence-corrected chi connectivity index (χ4v) is 8.27. The van der Waals surface area contributed by atoms with Gasteiger partial charge in [-0.3, -0.25) is 0 Å². The molecule has 42 heavy (non-hydrogen) atoms. The summed E-state index contributed by atoms with van der Waals surface area (Å²) in [6, 6.07) is 40.3. The standard InChI is InChI=1S/C42H30/c1-25-30-19-11-12-20-31(30)26(2)37-36(25)38(27-14-5-3-6-15-27)41-34-23-13-22-33-32-21-10-9-18-29(32)24-35(40(33)34)42(41)39(37)28-16-7-4-8-17-28/h3-24,33,40H,1-2H3. The number of benzene rings is 6. The molecule has 0 heteroatoms. The smallest absolute Gasteiger partial charge is 0.0206 e. The maximum atomic E-state index is 2.51. The van der Waals surface area contributed by atoms with E-state index >= 15 is 0 Å². The molecule has 0 N–H and O–H groups in total. The molecule has 0 aliphatic heterocycles. The summed E-state index contributed by atoms with van der Waals surface area (Å²) in [5.74, 6) is 0.655. The summed E-state index contributed by atoms with van der Waals surface area (Å²) in [6.45, 7) is 4.68. The van der Waals surface area contributed by atoms with Crippen LogP contribution in [0.3, 0.4) is 0 Å². The number of hydrogen-bond donors (Lipinski definition) is 0. The van der Waals surface area contributed by atoms with E-state index in [1.807, 2.05) is 0 Å². The quantitative estimate of drug-likeness (QED) is 0.194. The number of hydrogen-bond acceptors (Lipinski definition) is 0. The van der Waals surface area contributed by atoms with Crippen LogP contribution in [0.4, 0.5) is 0 Å². The Balaban J connectivity index is 1.58. The topological polar surface area (TPSA) is 0 Å². The summed E-state index contributed by atoms with van der Waals surface area (Å²) in [4.78, 5) is 0. The normalized spacial score (nSPS) is 18.0. The highest BCUT2D eigenvalue weighted by atomic mass is 14.5. The van der Waals surface area contributed by atoms with Crippen molar-refractivity contribution in [1.29, 1.82) is 0 Å². The minimum absolute atomic E-state index is 0.316. The van der Waals surface area contributed by atoms with Crippen molar-refractivity contribution in [2.24, 2.45) is 5.92 Å². The van der Waals surface area contributed by atoms with E-state index in [0.717, 1.165) is 0 Å². The monoisotopic (exact) mass is 534 g/mol.